The maximum Gasteiger partial charge on any atom is 0.408 e. The Balaban J connectivity index is 2.38. The number of carbonyl (C=O) groups excluding carboxylic acids is 4. The van der Waals surface area contributed by atoms with E-state index in [9.17, 15) is 24.3 Å². The first kappa shape index (κ1) is 32.5. The first-order valence-electron chi connectivity index (χ1n) is 13.8. The van der Waals surface area contributed by atoms with Gasteiger partial charge in [-0.05, 0) is 44.2 Å². The quantitative estimate of drug-likeness (QED) is 0.306. The average Bonchev–Trinajstić information content (AvgIpc) is 2.92. The number of nitrogens with zero attached hydrogens (tertiary/aromatic N) is 1. The first-order chi connectivity index (χ1) is 19.0. The number of hydrogen-bond acceptors (Lipinski definition) is 6. The summed E-state index contributed by atoms with van der Waals surface area (Å²) in [6.45, 7) is 8.90. The number of carbonyl (C=O) groups is 4. The van der Waals surface area contributed by atoms with Crippen molar-refractivity contribution >= 4 is 24.2 Å². The van der Waals surface area contributed by atoms with Crippen molar-refractivity contribution in [1.82, 2.24) is 15.5 Å². The smallest absolute Gasteiger partial charge is 0.408 e. The lowest BCUT2D eigenvalue weighted by atomic mass is 9.95. The van der Waals surface area contributed by atoms with Crippen molar-refractivity contribution in [3.05, 3.63) is 71.8 Å². The summed E-state index contributed by atoms with van der Waals surface area (Å²) in [7, 11) is 0. The van der Waals surface area contributed by atoms with Crippen molar-refractivity contribution in [3.63, 3.8) is 0 Å². The summed E-state index contributed by atoms with van der Waals surface area (Å²) in [5.41, 5.74) is 0.688. The van der Waals surface area contributed by atoms with Gasteiger partial charge < -0.3 is 30.2 Å². The lowest BCUT2D eigenvalue weighted by molar-refractivity contribution is -0.142. The minimum Gasteiger partial charge on any atom is -0.444 e. The van der Waals surface area contributed by atoms with Crippen LogP contribution >= 0.6 is 0 Å². The van der Waals surface area contributed by atoms with Crippen LogP contribution in [0.4, 0.5) is 4.79 Å². The largest absolute Gasteiger partial charge is 0.444 e. The third-order valence-electron chi connectivity index (χ3n) is 6.51. The number of aliphatic hydroxyl groups is 1. The summed E-state index contributed by atoms with van der Waals surface area (Å²) in [6.07, 6.45) is 0.973. The highest BCUT2D eigenvalue weighted by molar-refractivity contribution is 5.92. The Kier molecular flexibility index (Phi) is 12.8. The van der Waals surface area contributed by atoms with Crippen molar-refractivity contribution in [2.75, 3.05) is 13.2 Å². The topological polar surface area (TPSA) is 125 Å². The average molecular weight is 554 g/mol. The highest BCUT2D eigenvalue weighted by Gasteiger charge is 2.36. The van der Waals surface area contributed by atoms with E-state index >= 15 is 0 Å². The summed E-state index contributed by atoms with van der Waals surface area (Å²) in [6, 6.07) is 15.3. The van der Waals surface area contributed by atoms with Gasteiger partial charge in [-0.1, -0.05) is 80.9 Å². The number of aldehydes is 1. The number of amides is 3. The number of nitrogens with one attached hydrogen (secondary N) is 2. The van der Waals surface area contributed by atoms with E-state index in [4.69, 9.17) is 4.74 Å². The molecule has 0 aliphatic heterocycles. The number of ether oxygens (including phenoxy) is 1. The molecule has 0 aliphatic rings. The van der Waals surface area contributed by atoms with Gasteiger partial charge in [0.2, 0.25) is 11.8 Å². The molecule has 9 nitrogen and oxygen atoms in total. The fourth-order valence-electron chi connectivity index (χ4n) is 4.23. The van der Waals surface area contributed by atoms with Crippen LogP contribution in [0, 0.1) is 5.92 Å². The molecule has 0 heterocycles. The van der Waals surface area contributed by atoms with Crippen LogP contribution in [-0.4, -0.2) is 65.0 Å². The summed E-state index contributed by atoms with van der Waals surface area (Å²) in [5.74, 6) is -1.26. The van der Waals surface area contributed by atoms with Gasteiger partial charge in [0.1, 0.15) is 30.0 Å². The fourth-order valence-corrected chi connectivity index (χ4v) is 4.23. The Morgan fingerprint density at radius 2 is 1.60 bits per heavy atom. The summed E-state index contributed by atoms with van der Waals surface area (Å²) in [5, 5.41) is 15.0. The van der Waals surface area contributed by atoms with E-state index in [1.165, 1.54) is 4.90 Å². The van der Waals surface area contributed by atoms with Crippen molar-refractivity contribution < 1.29 is 29.0 Å². The summed E-state index contributed by atoms with van der Waals surface area (Å²) in [4.78, 5) is 54.0. The van der Waals surface area contributed by atoms with Gasteiger partial charge in [-0.25, -0.2) is 4.79 Å². The van der Waals surface area contributed by atoms with Crippen molar-refractivity contribution in [3.8, 4) is 0 Å². The van der Waals surface area contributed by atoms with E-state index in [0.717, 1.165) is 5.56 Å². The molecular weight excluding hydrogens is 510 g/mol. The molecule has 0 bridgehead atoms. The number of alkyl carbamates (subject to hydrolysis) is 1. The molecule has 4 unspecified atom stereocenters. The van der Waals surface area contributed by atoms with Gasteiger partial charge in [0.05, 0.1) is 0 Å². The molecule has 4 atom stereocenters. The summed E-state index contributed by atoms with van der Waals surface area (Å²) >= 11 is 0. The lowest BCUT2D eigenvalue weighted by Crippen LogP contribution is -2.57. The van der Waals surface area contributed by atoms with E-state index in [0.29, 0.717) is 18.3 Å². The molecule has 0 aromatic heterocycles. The van der Waals surface area contributed by atoms with Crippen molar-refractivity contribution in [2.45, 2.75) is 77.6 Å². The number of aliphatic hydroxyl groups excluding tert-OH is 1. The van der Waals surface area contributed by atoms with Crippen LogP contribution in [0.3, 0.4) is 0 Å². The Hall–Kier alpha value is -3.72. The van der Waals surface area contributed by atoms with Crippen LogP contribution < -0.4 is 10.6 Å². The molecule has 0 aliphatic carbocycles. The van der Waals surface area contributed by atoms with E-state index in [1.54, 1.807) is 45.0 Å². The monoisotopic (exact) mass is 553 g/mol. The Labute approximate surface area is 237 Å². The van der Waals surface area contributed by atoms with Crippen molar-refractivity contribution in [2.24, 2.45) is 5.92 Å². The van der Waals surface area contributed by atoms with E-state index in [-0.39, 0.29) is 31.9 Å². The van der Waals surface area contributed by atoms with Gasteiger partial charge in [0.25, 0.3) is 0 Å². The predicted octanol–water partition coefficient (Wildman–Crippen LogP) is 3.80. The standard InChI is InChI=1S/C31H43N3O6/c1-6-22(2)27(29(38)34(18-13-19-35)26(21-36)24-16-11-8-12-17-24)33-28(37)25(20-23-14-9-7-10-15-23)32-30(39)40-31(3,4)5/h7-12,14-17,21-22,25-27,35H,6,13,18-20H2,1-5H3,(H,32,39)(H,33,37). The Bertz CT molecular complexity index is 1090. The Morgan fingerprint density at radius 3 is 2.12 bits per heavy atom. The molecule has 0 fully saturated rings. The maximum absolute atomic E-state index is 14.0. The van der Waals surface area contributed by atoms with E-state index < -0.39 is 41.6 Å². The molecule has 0 spiro atoms. The SMILES string of the molecule is CCC(C)C(NC(=O)C(Cc1ccccc1)NC(=O)OC(C)(C)C)C(=O)N(CCCO)C(C=O)c1ccccc1. The van der Waals surface area contributed by atoms with Gasteiger partial charge in [-0.2, -0.15) is 0 Å². The molecule has 40 heavy (non-hydrogen) atoms. The lowest BCUT2D eigenvalue weighted by Gasteiger charge is -2.35. The molecule has 9 heteroatoms. The Morgan fingerprint density at radius 1 is 1.00 bits per heavy atom. The molecule has 2 aromatic carbocycles. The van der Waals surface area contributed by atoms with Gasteiger partial charge >= 0.3 is 6.09 Å². The predicted molar refractivity (Wildman–Crippen MR) is 153 cm³/mol. The maximum atomic E-state index is 14.0. The highest BCUT2D eigenvalue weighted by Crippen LogP contribution is 2.23. The second kappa shape index (κ2) is 15.8. The minimum atomic E-state index is -1.02. The van der Waals surface area contributed by atoms with Gasteiger partial charge in [-0.3, -0.25) is 9.59 Å². The molecule has 218 valence electrons. The third-order valence-corrected chi connectivity index (χ3v) is 6.51. The molecule has 3 amide bonds. The zero-order chi connectivity index (χ0) is 29.7. The molecule has 0 radical (unpaired) electrons. The van der Waals surface area contributed by atoms with Crippen LogP contribution in [0.2, 0.25) is 0 Å². The number of benzene rings is 2. The molecule has 3 N–H and O–H groups in total. The highest BCUT2D eigenvalue weighted by atomic mass is 16.6. The molecule has 0 saturated carbocycles. The molecule has 2 rings (SSSR count). The minimum absolute atomic E-state index is 0.125. The van der Waals surface area contributed by atoms with Crippen LogP contribution in [0.5, 0.6) is 0 Å². The zero-order valence-electron chi connectivity index (χ0n) is 24.1. The van der Waals surface area contributed by atoms with Crippen LogP contribution in [-0.2, 0) is 25.5 Å². The van der Waals surface area contributed by atoms with Crippen LogP contribution in [0.25, 0.3) is 0 Å². The second-order valence-electron chi connectivity index (χ2n) is 10.9. The summed E-state index contributed by atoms with van der Waals surface area (Å²) < 4.78 is 5.39. The van der Waals surface area contributed by atoms with Crippen LogP contribution in [0.1, 0.15) is 64.6 Å². The van der Waals surface area contributed by atoms with Gasteiger partial charge in [0.15, 0.2) is 0 Å². The van der Waals surface area contributed by atoms with E-state index in [2.05, 4.69) is 10.6 Å². The van der Waals surface area contributed by atoms with Crippen molar-refractivity contribution in [1.29, 1.82) is 0 Å². The zero-order valence-corrected chi connectivity index (χ0v) is 24.1. The molecule has 2 aromatic rings. The molecular formula is C31H43N3O6. The van der Waals surface area contributed by atoms with E-state index in [1.807, 2.05) is 50.2 Å². The second-order valence-corrected chi connectivity index (χ2v) is 10.9. The first-order valence-corrected chi connectivity index (χ1v) is 13.8. The van der Waals surface area contributed by atoms with Gasteiger partial charge in [0, 0.05) is 19.6 Å². The fraction of sp³-hybridized carbons (Fsp3) is 0.484. The molecule has 0 saturated heterocycles. The normalized spacial score (nSPS) is 14.2. The number of rotatable bonds is 14. The number of hydrogen-bond donors (Lipinski definition) is 3. The van der Waals surface area contributed by atoms with Gasteiger partial charge in [-0.15, -0.1) is 0 Å². The van der Waals surface area contributed by atoms with Crippen LogP contribution in [0.15, 0.2) is 60.7 Å². The third kappa shape index (κ3) is 10.1.